The molecule has 0 spiro atoms. The van der Waals surface area contributed by atoms with Crippen LogP contribution >= 0.6 is 11.6 Å². The summed E-state index contributed by atoms with van der Waals surface area (Å²) in [7, 11) is 3.75. The number of carbonyl (C=O) groups excluding carboxylic acids is 1. The van der Waals surface area contributed by atoms with Crippen molar-refractivity contribution in [2.45, 2.75) is 97.1 Å². The number of esters is 1. The number of methoxy groups -OCH3 is 1. The highest BCUT2D eigenvalue weighted by Crippen LogP contribution is 2.28. The van der Waals surface area contributed by atoms with Crippen molar-refractivity contribution in [3.8, 4) is 0 Å². The number of halogens is 1. The van der Waals surface area contributed by atoms with E-state index in [4.69, 9.17) is 5.11 Å². The van der Waals surface area contributed by atoms with Crippen LogP contribution in [0.5, 0.6) is 0 Å². The van der Waals surface area contributed by atoms with Gasteiger partial charge in [0.15, 0.2) is 0 Å². The van der Waals surface area contributed by atoms with Gasteiger partial charge in [0.1, 0.15) is 0 Å². The van der Waals surface area contributed by atoms with E-state index in [0.717, 1.165) is 12.1 Å². The molecule has 176 valence electrons. The molecule has 30 heavy (non-hydrogen) atoms. The van der Waals surface area contributed by atoms with Crippen LogP contribution < -0.4 is 0 Å². The first-order valence-corrected chi connectivity index (χ1v) is 11.7. The Morgan fingerprint density at radius 1 is 0.967 bits per heavy atom. The van der Waals surface area contributed by atoms with Crippen molar-refractivity contribution in [3.05, 3.63) is 23.8 Å². The zero-order valence-electron chi connectivity index (χ0n) is 20.0. The Balaban J connectivity index is 0. The molecule has 6 heteroatoms. The van der Waals surface area contributed by atoms with E-state index >= 15 is 0 Å². The molecule has 1 N–H and O–H groups in total. The minimum Gasteiger partial charge on any atom is -0.478 e. The highest BCUT2D eigenvalue weighted by Gasteiger charge is 2.25. The van der Waals surface area contributed by atoms with Crippen LogP contribution in [0.3, 0.4) is 0 Å². The second-order valence-corrected chi connectivity index (χ2v) is 7.80. The number of ether oxygens (including phenoxy) is 1. The minimum atomic E-state index is -0.935. The molecule has 0 heterocycles. The van der Waals surface area contributed by atoms with Crippen molar-refractivity contribution in [1.29, 1.82) is 0 Å². The summed E-state index contributed by atoms with van der Waals surface area (Å²) in [4.78, 5) is 22.8. The number of rotatable bonds is 4. The van der Waals surface area contributed by atoms with E-state index in [1.165, 1.54) is 84.6 Å². The van der Waals surface area contributed by atoms with E-state index in [1.807, 2.05) is 0 Å². The first-order valence-electron chi connectivity index (χ1n) is 10.9. The van der Waals surface area contributed by atoms with E-state index in [2.05, 4.69) is 34.9 Å². The van der Waals surface area contributed by atoms with Gasteiger partial charge in [-0.2, -0.15) is 0 Å². The lowest BCUT2D eigenvalue weighted by molar-refractivity contribution is -0.136. The van der Waals surface area contributed by atoms with Crippen LogP contribution in [0.15, 0.2) is 23.8 Å². The van der Waals surface area contributed by atoms with Gasteiger partial charge in [-0.3, -0.25) is 0 Å². The third-order valence-electron chi connectivity index (χ3n) is 5.61. The van der Waals surface area contributed by atoms with Crippen LogP contribution in [0.1, 0.15) is 85.0 Å². The summed E-state index contributed by atoms with van der Waals surface area (Å²) in [5.74, 6) is -1.19. The van der Waals surface area contributed by atoms with Crippen molar-refractivity contribution in [2.75, 3.05) is 20.5 Å². The molecule has 2 aliphatic rings. The predicted molar refractivity (Wildman–Crippen MR) is 127 cm³/mol. The summed E-state index contributed by atoms with van der Waals surface area (Å²) in [6.07, 6.45) is 17.9. The smallest absolute Gasteiger partial charge is 0.333 e. The summed E-state index contributed by atoms with van der Waals surface area (Å²) in [5, 5.41) is 7.89. The molecule has 2 aliphatic carbocycles. The standard InChI is InChI=1S/C13H25N.C6H10O2.C4H6O2.CH3Cl/c1-14(12-8-4-2-5-9-12)13-10-6-3-7-11-13;1-4-5(2)6(7)8-3;1-3(2)4(5)6;1-2/h12-13H,2-11H2,1H3;4H,1-3H3;1H2,2H3,(H,5,6);1H3/b;5-4+;;. The third kappa shape index (κ3) is 14.6. The van der Waals surface area contributed by atoms with Gasteiger partial charge < -0.3 is 14.7 Å². The van der Waals surface area contributed by atoms with Crippen molar-refractivity contribution in [3.63, 3.8) is 0 Å². The lowest BCUT2D eigenvalue weighted by Crippen LogP contribution is -2.42. The molecule has 0 atom stereocenters. The molecule has 0 saturated heterocycles. The largest absolute Gasteiger partial charge is 0.478 e. The number of carboxylic acids is 1. The Bertz CT molecular complexity index is 477. The number of alkyl halides is 1. The van der Waals surface area contributed by atoms with E-state index in [0.29, 0.717) is 5.57 Å². The van der Waals surface area contributed by atoms with Crippen LogP contribution in [0, 0.1) is 0 Å². The van der Waals surface area contributed by atoms with E-state index in [1.54, 1.807) is 19.9 Å². The third-order valence-corrected chi connectivity index (χ3v) is 5.61. The van der Waals surface area contributed by atoms with Gasteiger partial charge in [0.2, 0.25) is 0 Å². The van der Waals surface area contributed by atoms with Crippen LogP contribution in [0.25, 0.3) is 0 Å². The Morgan fingerprint density at radius 3 is 1.50 bits per heavy atom. The fourth-order valence-corrected chi connectivity index (χ4v) is 3.55. The maximum Gasteiger partial charge on any atom is 0.333 e. The summed E-state index contributed by atoms with van der Waals surface area (Å²) < 4.78 is 4.40. The van der Waals surface area contributed by atoms with E-state index in [-0.39, 0.29) is 11.5 Å². The van der Waals surface area contributed by atoms with Gasteiger partial charge in [0.05, 0.1) is 7.11 Å². The zero-order chi connectivity index (χ0) is 23.5. The minimum absolute atomic E-state index is 0.176. The number of carboxylic acid groups (broad SMARTS) is 1. The molecular weight excluding hydrogens is 402 g/mol. The van der Waals surface area contributed by atoms with Gasteiger partial charge >= 0.3 is 11.9 Å². The summed E-state index contributed by atoms with van der Waals surface area (Å²) in [5.41, 5.74) is 0.822. The van der Waals surface area contributed by atoms with Gasteiger partial charge in [-0.05, 0) is 53.5 Å². The highest BCUT2D eigenvalue weighted by atomic mass is 35.5. The van der Waals surface area contributed by atoms with E-state index < -0.39 is 5.97 Å². The normalized spacial score (nSPS) is 17.3. The Morgan fingerprint density at radius 2 is 1.30 bits per heavy atom. The molecule has 0 aromatic heterocycles. The molecule has 0 aromatic rings. The summed E-state index contributed by atoms with van der Waals surface area (Å²) in [6, 6.07) is 1.85. The fraction of sp³-hybridized carbons (Fsp3) is 0.750. The molecule has 0 amide bonds. The Kier molecular flexibility index (Phi) is 20.2. The highest BCUT2D eigenvalue weighted by molar-refractivity contribution is 6.15. The van der Waals surface area contributed by atoms with Crippen LogP contribution in [0.2, 0.25) is 0 Å². The molecule has 0 radical (unpaired) electrons. The topological polar surface area (TPSA) is 66.8 Å². The number of aliphatic carboxylic acids is 1. The summed E-state index contributed by atoms with van der Waals surface area (Å²) in [6.45, 7) is 8.11. The molecule has 0 bridgehead atoms. The number of hydrogen-bond acceptors (Lipinski definition) is 4. The number of nitrogens with zero attached hydrogens (tertiary/aromatic N) is 1. The molecule has 0 aromatic carbocycles. The maximum atomic E-state index is 10.5. The van der Waals surface area contributed by atoms with Crippen molar-refractivity contribution >= 4 is 23.5 Å². The first-order chi connectivity index (χ1) is 14.2. The quantitative estimate of drug-likeness (QED) is 0.316. The average Bonchev–Trinajstić information content (AvgIpc) is 2.80. The van der Waals surface area contributed by atoms with Crippen LogP contribution in [0.4, 0.5) is 0 Å². The lowest BCUT2D eigenvalue weighted by Gasteiger charge is -2.39. The van der Waals surface area contributed by atoms with Crippen molar-refractivity contribution in [2.24, 2.45) is 0 Å². The molecular formula is C24H44ClNO4. The molecule has 5 nitrogen and oxygen atoms in total. The van der Waals surface area contributed by atoms with Crippen LogP contribution in [-0.2, 0) is 14.3 Å². The Labute approximate surface area is 189 Å². The van der Waals surface area contributed by atoms with E-state index in [9.17, 15) is 9.59 Å². The SMILES string of the molecule is C/C=C(\C)C(=O)OC.C=C(C)C(=O)O.CCl.CN(C1CCCCC1)C1CCCCC1. The van der Waals surface area contributed by atoms with Gasteiger partial charge in [-0.15, -0.1) is 11.6 Å². The maximum absolute atomic E-state index is 10.5. The second-order valence-electron chi connectivity index (χ2n) is 7.80. The monoisotopic (exact) mass is 445 g/mol. The lowest BCUT2D eigenvalue weighted by atomic mass is 9.89. The van der Waals surface area contributed by atoms with Gasteiger partial charge in [-0.1, -0.05) is 51.2 Å². The van der Waals surface area contributed by atoms with Gasteiger partial charge in [0.25, 0.3) is 0 Å². The second kappa shape index (κ2) is 19.6. The molecule has 0 unspecified atom stereocenters. The first kappa shape index (κ1) is 30.9. The molecule has 2 saturated carbocycles. The fourth-order valence-electron chi connectivity index (χ4n) is 3.55. The zero-order valence-corrected chi connectivity index (χ0v) is 20.8. The molecule has 0 aliphatic heterocycles. The molecule has 2 fully saturated rings. The number of hydrogen-bond donors (Lipinski definition) is 1. The predicted octanol–water partition coefficient (Wildman–Crippen LogP) is 6.21. The average molecular weight is 446 g/mol. The van der Waals surface area contributed by atoms with Gasteiger partial charge in [0, 0.05) is 29.6 Å². The Hall–Kier alpha value is -1.33. The van der Waals surface area contributed by atoms with Crippen molar-refractivity contribution in [1.82, 2.24) is 4.90 Å². The van der Waals surface area contributed by atoms with Crippen LogP contribution in [-0.4, -0.2) is 54.6 Å². The molecule has 2 rings (SSSR count). The number of allylic oxidation sites excluding steroid dienone is 1. The van der Waals surface area contributed by atoms with Crippen molar-refractivity contribution < 1.29 is 19.4 Å². The number of carbonyl (C=O) groups is 2. The van der Waals surface area contributed by atoms with Gasteiger partial charge in [-0.25, -0.2) is 9.59 Å². The summed E-state index contributed by atoms with van der Waals surface area (Å²) >= 11 is 4.64.